The van der Waals surface area contributed by atoms with Crippen molar-refractivity contribution >= 4 is 21.4 Å². The number of benzene rings is 1. The molecule has 1 aromatic carbocycles. The van der Waals surface area contributed by atoms with Gasteiger partial charge in [0.05, 0.1) is 22.8 Å². The van der Waals surface area contributed by atoms with E-state index in [-0.39, 0.29) is 22.8 Å². The zero-order valence-electron chi connectivity index (χ0n) is 14.6. The molecule has 0 spiro atoms. The number of nitro groups is 1. The number of rotatable bonds is 6. The smallest absolute Gasteiger partial charge is 0.270 e. The maximum atomic E-state index is 12.9. The molecule has 0 bridgehead atoms. The Hall–Kier alpha value is -2.46. The van der Waals surface area contributed by atoms with Crippen LogP contribution in [0, 0.1) is 24.0 Å². The van der Waals surface area contributed by atoms with Crippen LogP contribution in [0.25, 0.3) is 0 Å². The molecule has 2 aromatic rings. The monoisotopic (exact) mass is 380 g/mol. The highest BCUT2D eigenvalue weighted by Crippen LogP contribution is 2.31. The second kappa shape index (κ2) is 7.04. The Bertz CT molecular complexity index is 913. The van der Waals surface area contributed by atoms with E-state index in [1.165, 1.54) is 16.4 Å². The minimum absolute atomic E-state index is 0.103. The van der Waals surface area contributed by atoms with Crippen LogP contribution in [0.4, 0.5) is 11.4 Å². The van der Waals surface area contributed by atoms with Gasteiger partial charge < -0.3 is 9.73 Å². The summed E-state index contributed by atoms with van der Waals surface area (Å²) >= 11 is 0. The van der Waals surface area contributed by atoms with E-state index in [9.17, 15) is 18.5 Å². The Balaban J connectivity index is 1.94. The summed E-state index contributed by atoms with van der Waals surface area (Å²) in [6.45, 7) is 4.62. The van der Waals surface area contributed by atoms with Crippen LogP contribution in [0.3, 0.4) is 0 Å². The molecular formula is C16H20N4O5S. The quantitative estimate of drug-likeness (QED) is 0.604. The van der Waals surface area contributed by atoms with Crippen LogP contribution >= 0.6 is 0 Å². The number of hydrogen-bond donors (Lipinski definition) is 1. The maximum Gasteiger partial charge on any atom is 0.270 e. The second-order valence-corrected chi connectivity index (χ2v) is 8.06. The largest absolute Gasteiger partial charge is 0.444 e. The summed E-state index contributed by atoms with van der Waals surface area (Å²) in [7, 11) is -3.82. The molecule has 1 saturated heterocycles. The Morgan fingerprint density at radius 3 is 2.58 bits per heavy atom. The molecular weight excluding hydrogens is 360 g/mol. The molecule has 10 heteroatoms. The van der Waals surface area contributed by atoms with Crippen molar-refractivity contribution in [3.8, 4) is 0 Å². The van der Waals surface area contributed by atoms with E-state index >= 15 is 0 Å². The van der Waals surface area contributed by atoms with E-state index in [0.29, 0.717) is 24.7 Å². The van der Waals surface area contributed by atoms with Crippen molar-refractivity contribution in [1.82, 2.24) is 9.29 Å². The lowest BCUT2D eigenvalue weighted by molar-refractivity contribution is -0.385. The highest BCUT2D eigenvalue weighted by molar-refractivity contribution is 7.89. The first-order valence-corrected chi connectivity index (χ1v) is 9.68. The molecule has 140 valence electrons. The van der Waals surface area contributed by atoms with Crippen molar-refractivity contribution in [3.05, 3.63) is 45.7 Å². The van der Waals surface area contributed by atoms with Gasteiger partial charge in [-0.2, -0.15) is 4.31 Å². The van der Waals surface area contributed by atoms with Crippen LogP contribution in [0.5, 0.6) is 0 Å². The number of sulfonamides is 1. The van der Waals surface area contributed by atoms with Crippen LogP contribution in [0.1, 0.15) is 30.2 Å². The molecule has 1 aromatic heterocycles. The van der Waals surface area contributed by atoms with E-state index in [2.05, 4.69) is 10.3 Å². The molecule has 0 amide bonds. The molecule has 3 rings (SSSR count). The minimum Gasteiger partial charge on any atom is -0.444 e. The number of nitrogens with zero attached hydrogens (tertiary/aromatic N) is 3. The van der Waals surface area contributed by atoms with Crippen molar-refractivity contribution in [3.63, 3.8) is 0 Å². The van der Waals surface area contributed by atoms with Gasteiger partial charge in [-0.25, -0.2) is 13.4 Å². The van der Waals surface area contributed by atoms with E-state index in [1.807, 2.05) is 6.92 Å². The summed E-state index contributed by atoms with van der Waals surface area (Å²) < 4.78 is 32.7. The molecule has 1 N–H and O–H groups in total. The lowest BCUT2D eigenvalue weighted by Gasteiger charge is -2.18. The number of oxazole rings is 1. The summed E-state index contributed by atoms with van der Waals surface area (Å²) in [6, 6.07) is 3.78. The zero-order chi connectivity index (χ0) is 18.9. The second-order valence-electron chi connectivity index (χ2n) is 6.15. The van der Waals surface area contributed by atoms with Gasteiger partial charge in [0, 0.05) is 25.2 Å². The topological polar surface area (TPSA) is 119 Å². The molecule has 1 aliphatic heterocycles. The summed E-state index contributed by atoms with van der Waals surface area (Å²) in [5.74, 6) is 1.11. The number of aromatic nitrogens is 1. The Morgan fingerprint density at radius 1 is 1.31 bits per heavy atom. The predicted molar refractivity (Wildman–Crippen MR) is 94.4 cm³/mol. The van der Waals surface area contributed by atoms with Crippen LogP contribution in [-0.4, -0.2) is 35.7 Å². The molecule has 2 heterocycles. The summed E-state index contributed by atoms with van der Waals surface area (Å²) in [5, 5.41) is 14.1. The van der Waals surface area contributed by atoms with Gasteiger partial charge in [0.1, 0.15) is 10.7 Å². The molecule has 0 atom stereocenters. The van der Waals surface area contributed by atoms with Crippen LogP contribution < -0.4 is 5.32 Å². The van der Waals surface area contributed by atoms with Crippen LogP contribution in [0.15, 0.2) is 27.5 Å². The van der Waals surface area contributed by atoms with E-state index in [0.717, 1.165) is 24.6 Å². The fraction of sp³-hybridized carbons (Fsp3) is 0.438. The normalized spacial score (nSPS) is 15.3. The van der Waals surface area contributed by atoms with Crippen LogP contribution in [-0.2, 0) is 16.6 Å². The van der Waals surface area contributed by atoms with Gasteiger partial charge in [-0.3, -0.25) is 10.1 Å². The number of non-ortho nitro benzene ring substituents is 1. The van der Waals surface area contributed by atoms with E-state index in [4.69, 9.17) is 4.42 Å². The van der Waals surface area contributed by atoms with Gasteiger partial charge >= 0.3 is 0 Å². The summed E-state index contributed by atoms with van der Waals surface area (Å²) in [5.41, 5.74) is 0.780. The minimum atomic E-state index is -3.82. The van der Waals surface area contributed by atoms with Crippen molar-refractivity contribution in [1.29, 1.82) is 0 Å². The Labute approximate surface area is 151 Å². The number of nitrogens with one attached hydrogen (secondary N) is 1. The number of hydrogen-bond acceptors (Lipinski definition) is 7. The van der Waals surface area contributed by atoms with Gasteiger partial charge in [0.15, 0.2) is 0 Å². The fourth-order valence-corrected chi connectivity index (χ4v) is 4.54. The van der Waals surface area contributed by atoms with Gasteiger partial charge in [-0.1, -0.05) is 0 Å². The lowest BCUT2D eigenvalue weighted by atomic mass is 10.3. The summed E-state index contributed by atoms with van der Waals surface area (Å²) in [6.07, 6.45) is 1.57. The first kappa shape index (κ1) is 18.3. The SMILES string of the molecule is Cc1nc(CNc2ccc([N+](=O)[O-])cc2S(=O)(=O)N2CCCC2)oc1C. The van der Waals surface area contributed by atoms with Crippen molar-refractivity contribution in [2.24, 2.45) is 0 Å². The number of aryl methyl sites for hydroxylation is 2. The third-order valence-electron chi connectivity index (χ3n) is 4.36. The van der Waals surface area contributed by atoms with Crippen molar-refractivity contribution < 1.29 is 17.8 Å². The molecule has 1 aliphatic rings. The summed E-state index contributed by atoms with van der Waals surface area (Å²) in [4.78, 5) is 14.6. The highest BCUT2D eigenvalue weighted by Gasteiger charge is 2.31. The first-order valence-electron chi connectivity index (χ1n) is 8.24. The zero-order valence-corrected chi connectivity index (χ0v) is 15.4. The predicted octanol–water partition coefficient (Wildman–Crippen LogP) is 2.60. The number of nitro benzene ring substituents is 1. The van der Waals surface area contributed by atoms with Crippen molar-refractivity contribution in [2.45, 2.75) is 38.1 Å². The molecule has 9 nitrogen and oxygen atoms in total. The van der Waals surface area contributed by atoms with Crippen LogP contribution in [0.2, 0.25) is 0 Å². The Morgan fingerprint density at radius 2 is 2.00 bits per heavy atom. The molecule has 0 aliphatic carbocycles. The number of anilines is 1. The third kappa shape index (κ3) is 3.56. The maximum absolute atomic E-state index is 12.9. The standard InChI is InChI=1S/C16H20N4O5S/c1-11-12(2)25-16(18-11)10-17-14-6-5-13(20(21)22)9-15(14)26(23,24)19-7-3-4-8-19/h5-6,9,17H,3-4,7-8,10H2,1-2H3. The van der Waals surface area contributed by atoms with Gasteiger partial charge in [-0.15, -0.1) is 0 Å². The van der Waals surface area contributed by atoms with E-state index < -0.39 is 14.9 Å². The third-order valence-corrected chi connectivity index (χ3v) is 6.30. The molecule has 26 heavy (non-hydrogen) atoms. The van der Waals surface area contributed by atoms with Crippen molar-refractivity contribution in [2.75, 3.05) is 18.4 Å². The average molecular weight is 380 g/mol. The highest BCUT2D eigenvalue weighted by atomic mass is 32.2. The average Bonchev–Trinajstić information content (AvgIpc) is 3.24. The molecule has 1 fully saturated rings. The first-order chi connectivity index (χ1) is 12.3. The van der Waals surface area contributed by atoms with Gasteiger partial charge in [0.2, 0.25) is 15.9 Å². The van der Waals surface area contributed by atoms with E-state index in [1.54, 1.807) is 6.92 Å². The fourth-order valence-electron chi connectivity index (χ4n) is 2.84. The molecule has 0 saturated carbocycles. The lowest BCUT2D eigenvalue weighted by Crippen LogP contribution is -2.28. The van der Waals surface area contributed by atoms with Gasteiger partial charge in [-0.05, 0) is 32.8 Å². The molecule has 0 radical (unpaired) electrons. The van der Waals surface area contributed by atoms with Gasteiger partial charge in [0.25, 0.3) is 5.69 Å². The molecule has 0 unspecified atom stereocenters. The Kier molecular flexibility index (Phi) is 4.97.